The maximum absolute atomic E-state index is 8.71. The van der Waals surface area contributed by atoms with Crippen LogP contribution < -0.4 is 0 Å². The molecule has 0 atom stereocenters. The highest BCUT2D eigenvalue weighted by atomic mass is 32.1. The minimum atomic E-state index is 0.149. The second kappa shape index (κ2) is 7.69. The number of aliphatic hydroxyl groups excluding tert-OH is 1. The van der Waals surface area contributed by atoms with Crippen LogP contribution in [0.1, 0.15) is 42.4 Å². The molecule has 1 heterocycles. The molecule has 0 saturated heterocycles. The van der Waals surface area contributed by atoms with Gasteiger partial charge in [0.15, 0.2) is 0 Å². The minimum Gasteiger partial charge on any atom is -0.395 e. The summed E-state index contributed by atoms with van der Waals surface area (Å²) < 4.78 is 0. The van der Waals surface area contributed by atoms with Gasteiger partial charge in [-0.2, -0.15) is 0 Å². The topological polar surface area (TPSA) is 23.5 Å². The summed E-state index contributed by atoms with van der Waals surface area (Å²) in [5.41, 5.74) is 0. The Kier molecular flexibility index (Phi) is 5.91. The Morgan fingerprint density at radius 2 is 2.26 bits per heavy atom. The largest absolute Gasteiger partial charge is 0.395 e. The summed E-state index contributed by atoms with van der Waals surface area (Å²) in [5, 5.41) is 8.71. The third kappa shape index (κ3) is 4.65. The Hall–Kier alpha value is -0.820. The Labute approximate surface area is 120 Å². The van der Waals surface area contributed by atoms with Crippen LogP contribution in [0.15, 0.2) is 12.1 Å². The molecule has 0 unspecified atom stereocenters. The molecule has 1 aromatic heterocycles. The van der Waals surface area contributed by atoms with Crippen LogP contribution in [0.4, 0.5) is 0 Å². The summed E-state index contributed by atoms with van der Waals surface area (Å²) in [6.45, 7) is 5.82. The van der Waals surface area contributed by atoms with E-state index in [4.69, 9.17) is 5.11 Å². The molecule has 0 aromatic carbocycles. The number of thiophene rings is 1. The fraction of sp³-hybridized carbons (Fsp3) is 0.625. The zero-order valence-corrected chi connectivity index (χ0v) is 12.5. The van der Waals surface area contributed by atoms with Gasteiger partial charge in [0, 0.05) is 24.4 Å². The molecule has 0 radical (unpaired) electrons. The monoisotopic (exact) mass is 277 g/mol. The highest BCUT2D eigenvalue weighted by Crippen LogP contribution is 2.28. The van der Waals surface area contributed by atoms with Gasteiger partial charge >= 0.3 is 0 Å². The first-order chi connectivity index (χ1) is 9.31. The molecular weight excluding hydrogens is 254 g/mol. The average Bonchev–Trinajstić information content (AvgIpc) is 2.80. The first kappa shape index (κ1) is 14.6. The number of hydrogen-bond donors (Lipinski definition) is 1. The second-order valence-corrected chi connectivity index (χ2v) is 6.33. The van der Waals surface area contributed by atoms with Crippen molar-refractivity contribution in [1.29, 1.82) is 0 Å². The summed E-state index contributed by atoms with van der Waals surface area (Å²) >= 11 is 1.78. The van der Waals surface area contributed by atoms with Crippen molar-refractivity contribution >= 4 is 11.3 Å². The zero-order valence-electron chi connectivity index (χ0n) is 11.7. The van der Waals surface area contributed by atoms with Crippen LogP contribution in [0, 0.1) is 17.8 Å². The Morgan fingerprint density at radius 3 is 2.89 bits per heavy atom. The van der Waals surface area contributed by atoms with Crippen molar-refractivity contribution in [2.45, 2.75) is 39.2 Å². The fourth-order valence-corrected chi connectivity index (χ4v) is 3.23. The highest BCUT2D eigenvalue weighted by Gasteiger charge is 2.20. The van der Waals surface area contributed by atoms with E-state index < -0.39 is 0 Å². The summed E-state index contributed by atoms with van der Waals surface area (Å²) in [4.78, 5) is 5.05. The van der Waals surface area contributed by atoms with Crippen LogP contribution in [0.3, 0.4) is 0 Å². The van der Waals surface area contributed by atoms with Gasteiger partial charge in [-0.15, -0.1) is 11.3 Å². The van der Waals surface area contributed by atoms with Gasteiger partial charge in [0.1, 0.15) is 0 Å². The van der Waals surface area contributed by atoms with Crippen molar-refractivity contribution in [3.05, 3.63) is 21.9 Å². The van der Waals surface area contributed by atoms with Gasteiger partial charge in [-0.05, 0) is 37.4 Å². The molecule has 1 saturated carbocycles. The second-order valence-electron chi connectivity index (χ2n) is 5.17. The zero-order chi connectivity index (χ0) is 13.5. The summed E-state index contributed by atoms with van der Waals surface area (Å²) in [7, 11) is 0. The highest BCUT2D eigenvalue weighted by molar-refractivity contribution is 7.12. The lowest BCUT2D eigenvalue weighted by molar-refractivity contribution is 0.179. The first-order valence-electron chi connectivity index (χ1n) is 7.22. The normalized spacial score (nSPS) is 15.1. The van der Waals surface area contributed by atoms with Crippen molar-refractivity contribution in [2.24, 2.45) is 5.92 Å². The molecule has 0 amide bonds. The van der Waals surface area contributed by atoms with Crippen molar-refractivity contribution < 1.29 is 5.11 Å². The molecule has 1 aliphatic rings. The van der Waals surface area contributed by atoms with Gasteiger partial charge in [0.25, 0.3) is 0 Å². The van der Waals surface area contributed by atoms with Crippen molar-refractivity contribution in [2.75, 3.05) is 19.7 Å². The molecule has 2 rings (SSSR count). The van der Waals surface area contributed by atoms with Crippen LogP contribution in [-0.4, -0.2) is 29.7 Å². The fourth-order valence-electron chi connectivity index (χ4n) is 2.30. The smallest absolute Gasteiger partial charge is 0.0771 e. The summed E-state index contributed by atoms with van der Waals surface area (Å²) in [6, 6.07) is 4.29. The number of aliphatic hydroxyl groups is 1. The van der Waals surface area contributed by atoms with Gasteiger partial charge in [0.05, 0.1) is 11.5 Å². The molecule has 1 N–H and O–H groups in total. The van der Waals surface area contributed by atoms with E-state index in [2.05, 4.69) is 35.8 Å². The lowest BCUT2D eigenvalue weighted by Crippen LogP contribution is -2.31. The van der Waals surface area contributed by atoms with Crippen molar-refractivity contribution in [3.63, 3.8) is 0 Å². The molecule has 0 bridgehead atoms. The maximum Gasteiger partial charge on any atom is 0.0771 e. The van der Waals surface area contributed by atoms with E-state index in [0.29, 0.717) is 6.42 Å². The maximum atomic E-state index is 8.71. The van der Waals surface area contributed by atoms with Crippen LogP contribution in [-0.2, 0) is 6.54 Å². The lowest BCUT2D eigenvalue weighted by Gasteiger charge is -2.31. The molecular formula is C16H23NOS. The molecule has 2 nitrogen and oxygen atoms in total. The third-order valence-corrected chi connectivity index (χ3v) is 4.66. The van der Waals surface area contributed by atoms with E-state index in [9.17, 15) is 0 Å². The van der Waals surface area contributed by atoms with E-state index >= 15 is 0 Å². The molecule has 1 aliphatic carbocycles. The van der Waals surface area contributed by atoms with Crippen molar-refractivity contribution in [1.82, 2.24) is 4.90 Å². The minimum absolute atomic E-state index is 0.149. The van der Waals surface area contributed by atoms with E-state index in [0.717, 1.165) is 23.9 Å². The average molecular weight is 277 g/mol. The quantitative estimate of drug-likeness (QED) is 0.808. The van der Waals surface area contributed by atoms with E-state index in [1.54, 1.807) is 11.3 Å². The summed E-state index contributed by atoms with van der Waals surface area (Å²) in [6.07, 6.45) is 4.82. The number of rotatable bonds is 6. The number of hydrogen-bond acceptors (Lipinski definition) is 3. The van der Waals surface area contributed by atoms with E-state index in [1.165, 1.54) is 30.7 Å². The van der Waals surface area contributed by atoms with Crippen LogP contribution in [0.2, 0.25) is 0 Å². The SMILES string of the molecule is CCN(Cc1ccc(C#CCCO)s1)CC1CCC1. The van der Waals surface area contributed by atoms with E-state index in [1.807, 2.05) is 0 Å². The Morgan fingerprint density at radius 1 is 1.42 bits per heavy atom. The standard InChI is InChI=1S/C16H23NOS/c1-2-17(12-14-6-5-7-14)13-16-10-9-15(19-16)8-3-4-11-18/h9-10,14,18H,2,4-7,11-13H2,1H3. The molecule has 1 fully saturated rings. The van der Waals surface area contributed by atoms with Gasteiger partial charge in [-0.1, -0.05) is 25.2 Å². The molecule has 3 heteroatoms. The van der Waals surface area contributed by atoms with Gasteiger partial charge < -0.3 is 5.11 Å². The molecule has 0 spiro atoms. The predicted octanol–water partition coefficient (Wildman–Crippen LogP) is 3.10. The van der Waals surface area contributed by atoms with Crippen molar-refractivity contribution in [3.8, 4) is 11.8 Å². The van der Waals surface area contributed by atoms with Crippen LogP contribution in [0.5, 0.6) is 0 Å². The van der Waals surface area contributed by atoms with Gasteiger partial charge in [0.2, 0.25) is 0 Å². The Bertz CT molecular complexity index is 439. The first-order valence-corrected chi connectivity index (χ1v) is 8.04. The Balaban J connectivity index is 1.85. The van der Waals surface area contributed by atoms with Gasteiger partial charge in [-0.3, -0.25) is 4.90 Å². The molecule has 1 aromatic rings. The third-order valence-electron chi connectivity index (χ3n) is 3.68. The summed E-state index contributed by atoms with van der Waals surface area (Å²) in [5.74, 6) is 7.02. The van der Waals surface area contributed by atoms with E-state index in [-0.39, 0.29) is 6.61 Å². The van der Waals surface area contributed by atoms with Gasteiger partial charge in [-0.25, -0.2) is 0 Å². The number of nitrogens with zero attached hydrogens (tertiary/aromatic N) is 1. The molecule has 19 heavy (non-hydrogen) atoms. The van der Waals surface area contributed by atoms with Crippen LogP contribution >= 0.6 is 11.3 Å². The lowest BCUT2D eigenvalue weighted by atomic mass is 9.85. The molecule has 104 valence electrons. The predicted molar refractivity (Wildman–Crippen MR) is 81.2 cm³/mol. The van der Waals surface area contributed by atoms with Crippen LogP contribution in [0.25, 0.3) is 0 Å². The molecule has 0 aliphatic heterocycles.